The molecule has 0 rings (SSSR count). The Labute approximate surface area is 207 Å². The number of carbonyl (C=O) groups is 2. The summed E-state index contributed by atoms with van der Waals surface area (Å²) in [5.41, 5.74) is -1.84. The molecule has 20 heavy (non-hydrogen) atoms. The molecule has 0 saturated carbocycles. The second-order valence-electron chi connectivity index (χ2n) is 5.22. The number of hydrogen-bond acceptors (Lipinski definition) is 4. The van der Waals surface area contributed by atoms with E-state index in [1.165, 1.54) is 0 Å². The molecule has 0 heterocycles. The Hall–Kier alpha value is 2.21. The Morgan fingerprint density at radius 3 is 1.65 bits per heavy atom. The van der Waals surface area contributed by atoms with Gasteiger partial charge in [-0.05, 0) is 12.3 Å². The van der Waals surface area contributed by atoms with Crippen molar-refractivity contribution in [1.29, 1.82) is 0 Å². The van der Waals surface area contributed by atoms with E-state index in [0.29, 0.717) is 6.42 Å². The van der Waals surface area contributed by atoms with Crippen molar-refractivity contribution in [2.24, 2.45) is 11.3 Å². The van der Waals surface area contributed by atoms with Gasteiger partial charge in [-0.25, -0.2) is 0 Å². The Kier molecular flexibility index (Phi) is 20.0. The van der Waals surface area contributed by atoms with Crippen LogP contribution in [0.1, 0.15) is 65.7 Å². The van der Waals surface area contributed by atoms with Gasteiger partial charge in [-0.3, -0.25) is 0 Å². The van der Waals surface area contributed by atoms with Gasteiger partial charge in [-0.15, -0.1) is 0 Å². The van der Waals surface area contributed by atoms with Crippen molar-refractivity contribution >= 4 is 11.9 Å². The van der Waals surface area contributed by atoms with Crippen LogP contribution in [0, 0.1) is 11.3 Å². The molecule has 0 aromatic rings. The van der Waals surface area contributed by atoms with Crippen LogP contribution >= 0.6 is 0 Å². The molecule has 0 unspecified atom stereocenters. The predicted molar refractivity (Wildman–Crippen MR) is 65.3 cm³/mol. The standard InChI is InChI=1S/C14H26O4.2K/c1-4-5-6-7-8-9-10-14(11(2)3,12(15)16)13(17)18;;/h11H,4-10H2,1-3H3,(H,15,16)(H,17,18);;/q;2*+1/p-2. The number of unbranched alkanes of at least 4 members (excludes halogenated alkanes) is 5. The maximum absolute atomic E-state index is 11.1. The molecule has 106 valence electrons. The van der Waals surface area contributed by atoms with Crippen LogP contribution in [-0.4, -0.2) is 11.9 Å². The fraction of sp³-hybridized carbons (Fsp3) is 0.857. The molecule has 0 N–H and O–H groups in total. The van der Waals surface area contributed by atoms with E-state index >= 15 is 0 Å². The van der Waals surface area contributed by atoms with E-state index in [-0.39, 0.29) is 109 Å². The van der Waals surface area contributed by atoms with Crippen LogP contribution in [0.15, 0.2) is 0 Å². The molecule has 0 saturated heterocycles. The molecule has 4 nitrogen and oxygen atoms in total. The molecule has 0 aliphatic rings. The monoisotopic (exact) mass is 334 g/mol. The number of carboxylic acids is 2. The van der Waals surface area contributed by atoms with Crippen LogP contribution in [0.25, 0.3) is 0 Å². The number of carbonyl (C=O) groups excluding carboxylic acids is 2. The Morgan fingerprint density at radius 2 is 1.30 bits per heavy atom. The first-order valence-electron chi connectivity index (χ1n) is 6.82. The van der Waals surface area contributed by atoms with Crippen molar-refractivity contribution in [3.8, 4) is 0 Å². The molecule has 0 spiro atoms. The van der Waals surface area contributed by atoms with Gasteiger partial charge in [0, 0.05) is 0 Å². The maximum Gasteiger partial charge on any atom is 1.00 e. The molecule has 0 atom stereocenters. The van der Waals surface area contributed by atoms with Gasteiger partial charge in [0.05, 0.1) is 17.4 Å². The van der Waals surface area contributed by atoms with Crippen LogP contribution < -0.4 is 113 Å². The zero-order valence-electron chi connectivity index (χ0n) is 13.7. The summed E-state index contributed by atoms with van der Waals surface area (Å²) in [4.78, 5) is 22.3. The molecule has 0 aromatic carbocycles. The molecular formula is C14H24K2O4. The van der Waals surface area contributed by atoms with Crippen molar-refractivity contribution in [3.05, 3.63) is 0 Å². The van der Waals surface area contributed by atoms with Crippen molar-refractivity contribution in [3.63, 3.8) is 0 Å². The van der Waals surface area contributed by atoms with E-state index < -0.39 is 23.3 Å². The fourth-order valence-corrected chi connectivity index (χ4v) is 2.23. The third-order valence-corrected chi connectivity index (χ3v) is 3.64. The van der Waals surface area contributed by atoms with Crippen molar-refractivity contribution in [1.82, 2.24) is 0 Å². The minimum atomic E-state index is -1.84. The molecule has 0 bridgehead atoms. The van der Waals surface area contributed by atoms with E-state index in [0.717, 1.165) is 32.1 Å². The second kappa shape index (κ2) is 14.8. The summed E-state index contributed by atoms with van der Waals surface area (Å²) in [6, 6.07) is 0. The number of hydrogen-bond donors (Lipinski definition) is 0. The summed E-state index contributed by atoms with van der Waals surface area (Å²) in [6.45, 7) is 5.29. The first kappa shape index (κ1) is 27.1. The smallest absolute Gasteiger partial charge is 0.549 e. The summed E-state index contributed by atoms with van der Waals surface area (Å²) in [5, 5.41) is 22.3. The van der Waals surface area contributed by atoms with Crippen LogP contribution in [0.4, 0.5) is 0 Å². The molecule has 6 heteroatoms. The normalized spacial score (nSPS) is 10.6. The van der Waals surface area contributed by atoms with Gasteiger partial charge in [0.15, 0.2) is 0 Å². The zero-order valence-corrected chi connectivity index (χ0v) is 19.9. The summed E-state index contributed by atoms with van der Waals surface area (Å²) in [7, 11) is 0. The summed E-state index contributed by atoms with van der Waals surface area (Å²) < 4.78 is 0. The third-order valence-electron chi connectivity index (χ3n) is 3.64. The average molecular weight is 335 g/mol. The van der Waals surface area contributed by atoms with Crippen LogP contribution in [-0.2, 0) is 9.59 Å². The van der Waals surface area contributed by atoms with Gasteiger partial charge in [0.25, 0.3) is 0 Å². The van der Waals surface area contributed by atoms with Gasteiger partial charge in [-0.1, -0.05) is 59.3 Å². The molecule has 0 aliphatic carbocycles. The van der Waals surface area contributed by atoms with Gasteiger partial charge in [0.2, 0.25) is 0 Å². The minimum absolute atomic E-state index is 0. The molecule has 0 radical (unpaired) electrons. The molecule has 0 fully saturated rings. The van der Waals surface area contributed by atoms with E-state index in [4.69, 9.17) is 0 Å². The molecule has 0 amide bonds. The minimum Gasteiger partial charge on any atom is -0.549 e. The zero-order chi connectivity index (χ0) is 14.2. The number of rotatable bonds is 10. The number of carboxylic acid groups (broad SMARTS) is 2. The summed E-state index contributed by atoms with van der Waals surface area (Å²) in [6.07, 6.45) is 5.98. The van der Waals surface area contributed by atoms with Gasteiger partial charge >= 0.3 is 103 Å². The maximum atomic E-state index is 11.1. The first-order valence-corrected chi connectivity index (χ1v) is 6.82. The van der Waals surface area contributed by atoms with Crippen molar-refractivity contribution in [2.75, 3.05) is 0 Å². The van der Waals surface area contributed by atoms with Gasteiger partial charge < -0.3 is 19.8 Å². The van der Waals surface area contributed by atoms with E-state index in [9.17, 15) is 19.8 Å². The SMILES string of the molecule is CCCCCCCCC(C(=O)[O-])(C(=O)[O-])C(C)C.[K+].[K+]. The Bertz CT molecular complexity index is 266. The quantitative estimate of drug-likeness (QED) is 0.227. The molecule has 0 aromatic heterocycles. The van der Waals surface area contributed by atoms with E-state index in [2.05, 4.69) is 6.92 Å². The molecular weight excluding hydrogens is 310 g/mol. The summed E-state index contributed by atoms with van der Waals surface area (Å²) >= 11 is 0. The molecule has 0 aliphatic heterocycles. The third kappa shape index (κ3) is 8.74. The Balaban J connectivity index is -0.00000144. The second-order valence-corrected chi connectivity index (χ2v) is 5.22. The van der Waals surface area contributed by atoms with Crippen molar-refractivity contribution in [2.45, 2.75) is 65.7 Å². The van der Waals surface area contributed by atoms with E-state index in [1.807, 2.05) is 0 Å². The van der Waals surface area contributed by atoms with Gasteiger partial charge in [-0.2, -0.15) is 0 Å². The largest absolute Gasteiger partial charge is 1.00 e. The van der Waals surface area contributed by atoms with Crippen LogP contribution in [0.5, 0.6) is 0 Å². The fourth-order valence-electron chi connectivity index (χ4n) is 2.23. The number of aliphatic carboxylic acids is 2. The van der Waals surface area contributed by atoms with Crippen molar-refractivity contribution < 1.29 is 123 Å². The average Bonchev–Trinajstić information content (AvgIpc) is 2.26. The predicted octanol–water partition coefficient (Wildman–Crippen LogP) is -5.11. The Morgan fingerprint density at radius 1 is 0.900 bits per heavy atom. The van der Waals surface area contributed by atoms with Crippen LogP contribution in [0.2, 0.25) is 0 Å². The first-order chi connectivity index (χ1) is 8.39. The topological polar surface area (TPSA) is 80.3 Å². The van der Waals surface area contributed by atoms with Crippen LogP contribution in [0.3, 0.4) is 0 Å². The van der Waals surface area contributed by atoms with E-state index in [1.54, 1.807) is 13.8 Å². The van der Waals surface area contributed by atoms with Gasteiger partial charge in [0.1, 0.15) is 0 Å². The summed E-state index contributed by atoms with van der Waals surface area (Å²) in [5.74, 6) is -3.57.